The normalized spacial score (nSPS) is 17.8. The molecule has 0 radical (unpaired) electrons. The molecule has 0 aliphatic carbocycles. The van der Waals surface area contributed by atoms with Crippen molar-refractivity contribution in [3.05, 3.63) is 53.1 Å². The molecular formula is C22H31FN4O. The maximum atomic E-state index is 13.0. The molecule has 2 heterocycles. The topological polar surface area (TPSA) is 52.2 Å². The Labute approximate surface area is 166 Å². The molecule has 1 amide bonds. The number of halogens is 1. The molecule has 0 spiro atoms. The van der Waals surface area contributed by atoms with Crippen molar-refractivity contribution in [1.82, 2.24) is 20.0 Å². The first-order valence-electron chi connectivity index (χ1n) is 10.2. The highest BCUT2D eigenvalue weighted by atomic mass is 19.1. The molecule has 0 saturated carbocycles. The number of aromatic amines is 1. The van der Waals surface area contributed by atoms with Gasteiger partial charge in [-0.05, 0) is 61.4 Å². The van der Waals surface area contributed by atoms with E-state index < -0.39 is 0 Å². The van der Waals surface area contributed by atoms with Gasteiger partial charge in [-0.15, -0.1) is 0 Å². The lowest BCUT2D eigenvalue weighted by atomic mass is 9.97. The van der Waals surface area contributed by atoms with Crippen molar-refractivity contribution in [1.29, 1.82) is 0 Å². The van der Waals surface area contributed by atoms with Gasteiger partial charge in [0.2, 0.25) is 0 Å². The molecule has 1 aliphatic rings. The van der Waals surface area contributed by atoms with Gasteiger partial charge in [0.25, 0.3) is 5.91 Å². The number of hydrogen-bond donors (Lipinski definition) is 1. The summed E-state index contributed by atoms with van der Waals surface area (Å²) < 4.78 is 13.0. The summed E-state index contributed by atoms with van der Waals surface area (Å²) in [6.07, 6.45) is 3.21. The summed E-state index contributed by atoms with van der Waals surface area (Å²) in [6.45, 7) is 7.96. The lowest BCUT2D eigenvalue weighted by molar-refractivity contribution is 0.0724. The first-order valence-corrected chi connectivity index (χ1v) is 10.2. The number of carbonyl (C=O) groups excluding carboxylic acids is 1. The van der Waals surface area contributed by atoms with Crippen molar-refractivity contribution in [2.24, 2.45) is 5.92 Å². The lowest BCUT2D eigenvalue weighted by Gasteiger charge is -2.34. The number of hydrogen-bond acceptors (Lipinski definition) is 3. The number of amides is 1. The largest absolute Gasteiger partial charge is 0.340 e. The van der Waals surface area contributed by atoms with Crippen molar-refractivity contribution in [2.45, 2.75) is 39.0 Å². The zero-order valence-electron chi connectivity index (χ0n) is 17.1. The third kappa shape index (κ3) is 5.41. The van der Waals surface area contributed by atoms with Crippen LogP contribution in [0.25, 0.3) is 0 Å². The van der Waals surface area contributed by atoms with E-state index in [2.05, 4.69) is 28.9 Å². The van der Waals surface area contributed by atoms with Crippen molar-refractivity contribution in [2.75, 3.05) is 33.2 Å². The number of rotatable bonds is 7. The van der Waals surface area contributed by atoms with E-state index in [4.69, 9.17) is 0 Å². The van der Waals surface area contributed by atoms with E-state index in [-0.39, 0.29) is 11.7 Å². The maximum absolute atomic E-state index is 13.0. The fourth-order valence-electron chi connectivity index (χ4n) is 3.85. The van der Waals surface area contributed by atoms with Gasteiger partial charge in [0.1, 0.15) is 11.5 Å². The molecule has 1 N–H and O–H groups in total. The van der Waals surface area contributed by atoms with E-state index in [1.54, 1.807) is 4.90 Å². The van der Waals surface area contributed by atoms with E-state index in [9.17, 15) is 9.18 Å². The predicted molar refractivity (Wildman–Crippen MR) is 109 cm³/mol. The third-order valence-electron chi connectivity index (χ3n) is 5.55. The Morgan fingerprint density at radius 2 is 2.11 bits per heavy atom. The highest BCUT2D eigenvalue weighted by molar-refractivity contribution is 5.92. The Balaban J connectivity index is 1.49. The van der Waals surface area contributed by atoms with Gasteiger partial charge in [-0.3, -0.25) is 9.89 Å². The Morgan fingerprint density at radius 1 is 1.36 bits per heavy atom. The van der Waals surface area contributed by atoms with Crippen molar-refractivity contribution < 1.29 is 9.18 Å². The summed E-state index contributed by atoms with van der Waals surface area (Å²) in [4.78, 5) is 16.9. The minimum absolute atomic E-state index is 0.0217. The number of aromatic nitrogens is 2. The van der Waals surface area contributed by atoms with Gasteiger partial charge in [-0.25, -0.2) is 4.39 Å². The summed E-state index contributed by atoms with van der Waals surface area (Å²) in [5, 5.41) is 7.14. The van der Waals surface area contributed by atoms with Gasteiger partial charge in [-0.2, -0.15) is 5.10 Å². The van der Waals surface area contributed by atoms with Crippen LogP contribution in [-0.4, -0.2) is 59.1 Å². The number of carbonyl (C=O) groups is 1. The summed E-state index contributed by atoms with van der Waals surface area (Å²) in [5.41, 5.74) is 2.65. The summed E-state index contributed by atoms with van der Waals surface area (Å²) in [7, 11) is 1.86. The first kappa shape index (κ1) is 20.5. The predicted octanol–water partition coefficient (Wildman–Crippen LogP) is 3.70. The molecule has 1 aromatic carbocycles. The van der Waals surface area contributed by atoms with Gasteiger partial charge < -0.3 is 9.80 Å². The zero-order valence-corrected chi connectivity index (χ0v) is 17.1. The molecule has 5 nitrogen and oxygen atoms in total. The third-order valence-corrected chi connectivity index (χ3v) is 5.55. The standard InChI is InChI=1S/C22H31FN4O/c1-16(2)20-13-21(25-24-20)22(28)26(3)14-18-5-4-11-27(15-18)12-10-17-6-8-19(23)9-7-17/h6-9,13,16,18H,4-5,10-12,14-15H2,1-3H3,(H,24,25)/t18-/m1/s1. The summed E-state index contributed by atoms with van der Waals surface area (Å²) in [5.74, 6) is 0.588. The second kappa shape index (κ2) is 9.32. The highest BCUT2D eigenvalue weighted by Crippen LogP contribution is 2.19. The SMILES string of the molecule is CC(C)c1cc(C(=O)N(C)C[C@H]2CCCN(CCc3ccc(F)cc3)C2)n[nH]1. The first-order chi connectivity index (χ1) is 13.4. The van der Waals surface area contributed by atoms with Crippen LogP contribution < -0.4 is 0 Å². The number of likely N-dealkylation sites (tertiary alicyclic amines) is 1. The molecular weight excluding hydrogens is 355 g/mol. The second-order valence-corrected chi connectivity index (χ2v) is 8.23. The smallest absolute Gasteiger partial charge is 0.274 e. The molecule has 1 aliphatic heterocycles. The van der Waals surface area contributed by atoms with Gasteiger partial charge >= 0.3 is 0 Å². The van der Waals surface area contributed by atoms with E-state index in [0.717, 1.165) is 56.7 Å². The summed E-state index contributed by atoms with van der Waals surface area (Å²) >= 11 is 0. The molecule has 1 saturated heterocycles. The number of H-pyrrole nitrogens is 1. The minimum Gasteiger partial charge on any atom is -0.340 e. The zero-order chi connectivity index (χ0) is 20.1. The number of benzene rings is 1. The minimum atomic E-state index is -0.188. The van der Waals surface area contributed by atoms with Crippen LogP contribution in [0.15, 0.2) is 30.3 Å². The molecule has 152 valence electrons. The van der Waals surface area contributed by atoms with E-state index >= 15 is 0 Å². The monoisotopic (exact) mass is 386 g/mol. The van der Waals surface area contributed by atoms with Crippen LogP contribution in [0.1, 0.15) is 54.4 Å². The van der Waals surface area contributed by atoms with Crippen LogP contribution >= 0.6 is 0 Å². The van der Waals surface area contributed by atoms with Gasteiger partial charge in [0.15, 0.2) is 0 Å². The molecule has 0 unspecified atom stereocenters. The maximum Gasteiger partial charge on any atom is 0.274 e. The highest BCUT2D eigenvalue weighted by Gasteiger charge is 2.24. The second-order valence-electron chi connectivity index (χ2n) is 8.23. The van der Waals surface area contributed by atoms with Crippen molar-refractivity contribution in [3.63, 3.8) is 0 Å². The van der Waals surface area contributed by atoms with E-state index in [0.29, 0.717) is 17.5 Å². The Hall–Kier alpha value is -2.21. The molecule has 1 aromatic heterocycles. The average molecular weight is 387 g/mol. The lowest BCUT2D eigenvalue weighted by Crippen LogP contribution is -2.42. The average Bonchev–Trinajstić information content (AvgIpc) is 3.18. The molecule has 1 fully saturated rings. The molecule has 1 atom stereocenters. The van der Waals surface area contributed by atoms with Gasteiger partial charge in [0, 0.05) is 32.4 Å². The van der Waals surface area contributed by atoms with Crippen LogP contribution in [0.2, 0.25) is 0 Å². The van der Waals surface area contributed by atoms with Crippen LogP contribution in [0.4, 0.5) is 4.39 Å². The van der Waals surface area contributed by atoms with Crippen LogP contribution in [-0.2, 0) is 6.42 Å². The molecule has 6 heteroatoms. The van der Waals surface area contributed by atoms with E-state index in [1.165, 1.54) is 12.1 Å². The van der Waals surface area contributed by atoms with Crippen molar-refractivity contribution >= 4 is 5.91 Å². The summed E-state index contributed by atoms with van der Waals surface area (Å²) in [6, 6.07) is 8.62. The van der Waals surface area contributed by atoms with Crippen LogP contribution in [0, 0.1) is 11.7 Å². The molecule has 2 aromatic rings. The van der Waals surface area contributed by atoms with Gasteiger partial charge in [-0.1, -0.05) is 26.0 Å². The Bertz CT molecular complexity index is 771. The van der Waals surface area contributed by atoms with Crippen LogP contribution in [0.3, 0.4) is 0 Å². The Morgan fingerprint density at radius 3 is 2.79 bits per heavy atom. The quantitative estimate of drug-likeness (QED) is 0.789. The number of nitrogens with zero attached hydrogens (tertiary/aromatic N) is 3. The number of piperidine rings is 1. The van der Waals surface area contributed by atoms with Gasteiger partial charge in [0.05, 0.1) is 0 Å². The molecule has 28 heavy (non-hydrogen) atoms. The number of nitrogens with one attached hydrogen (secondary N) is 1. The van der Waals surface area contributed by atoms with E-state index in [1.807, 2.05) is 25.2 Å². The molecule has 0 bridgehead atoms. The Kier molecular flexibility index (Phi) is 6.83. The van der Waals surface area contributed by atoms with Crippen LogP contribution in [0.5, 0.6) is 0 Å². The molecule has 3 rings (SSSR count). The fraction of sp³-hybridized carbons (Fsp3) is 0.545. The fourth-order valence-corrected chi connectivity index (χ4v) is 3.85. The van der Waals surface area contributed by atoms with Crippen molar-refractivity contribution in [3.8, 4) is 0 Å².